The number of nitrogens with one attached hydrogen (secondary N) is 2. The summed E-state index contributed by atoms with van der Waals surface area (Å²) in [5.74, 6) is -1.57. The van der Waals surface area contributed by atoms with Gasteiger partial charge in [0.25, 0.3) is 21.8 Å². The van der Waals surface area contributed by atoms with E-state index in [2.05, 4.69) is 10.0 Å². The number of ether oxygens (including phenoxy) is 1. The molecule has 4 aromatic rings. The third-order valence-electron chi connectivity index (χ3n) is 6.57. The molecule has 0 saturated heterocycles. The van der Waals surface area contributed by atoms with Gasteiger partial charge in [0.1, 0.15) is 11.8 Å². The lowest BCUT2D eigenvalue weighted by atomic mass is 10.0. The number of rotatable bonds is 9. The van der Waals surface area contributed by atoms with Crippen molar-refractivity contribution in [1.29, 1.82) is 0 Å². The number of imide groups is 1. The van der Waals surface area contributed by atoms with E-state index in [-0.39, 0.29) is 38.8 Å². The summed E-state index contributed by atoms with van der Waals surface area (Å²) in [4.78, 5) is 41.0. The van der Waals surface area contributed by atoms with Gasteiger partial charge in [0.2, 0.25) is 5.91 Å². The van der Waals surface area contributed by atoms with Crippen molar-refractivity contribution in [1.82, 2.24) is 4.90 Å². The van der Waals surface area contributed by atoms with Crippen LogP contribution in [0.4, 0.5) is 11.4 Å². The van der Waals surface area contributed by atoms with Crippen molar-refractivity contribution in [2.75, 3.05) is 17.1 Å². The molecule has 0 fully saturated rings. The van der Waals surface area contributed by atoms with Gasteiger partial charge in [-0.2, -0.15) is 0 Å². The Labute approximate surface area is 241 Å². The van der Waals surface area contributed by atoms with Gasteiger partial charge in [-0.1, -0.05) is 66.2 Å². The first-order valence-corrected chi connectivity index (χ1v) is 14.3. The number of halogens is 1. The number of hydrogen-bond acceptors (Lipinski definition) is 6. The molecule has 41 heavy (non-hydrogen) atoms. The smallest absolute Gasteiger partial charge is 0.262 e. The second kappa shape index (κ2) is 11.4. The average Bonchev–Trinajstić information content (AvgIpc) is 3.22. The predicted octanol–water partition coefficient (Wildman–Crippen LogP) is 5.00. The van der Waals surface area contributed by atoms with Crippen molar-refractivity contribution in [3.63, 3.8) is 0 Å². The van der Waals surface area contributed by atoms with Gasteiger partial charge in [-0.15, -0.1) is 0 Å². The van der Waals surface area contributed by atoms with E-state index in [1.54, 1.807) is 60.7 Å². The summed E-state index contributed by atoms with van der Waals surface area (Å²) >= 11 is 6.36. The minimum atomic E-state index is -4.12. The maximum absolute atomic E-state index is 13.7. The number of nitrogens with zero attached hydrogens (tertiary/aromatic N) is 1. The van der Waals surface area contributed by atoms with E-state index in [1.807, 2.05) is 6.07 Å². The molecule has 0 aliphatic carbocycles. The van der Waals surface area contributed by atoms with Crippen LogP contribution in [-0.2, 0) is 21.2 Å². The second-order valence-electron chi connectivity index (χ2n) is 9.17. The molecule has 0 spiro atoms. The molecule has 2 N–H and O–H groups in total. The van der Waals surface area contributed by atoms with Crippen molar-refractivity contribution in [2.45, 2.75) is 17.4 Å². The summed E-state index contributed by atoms with van der Waals surface area (Å²) in [6.07, 6.45) is 0.0309. The molecule has 0 aromatic heterocycles. The van der Waals surface area contributed by atoms with Crippen molar-refractivity contribution < 1.29 is 27.5 Å². The van der Waals surface area contributed by atoms with Crippen LogP contribution < -0.4 is 14.8 Å². The molecule has 11 heteroatoms. The van der Waals surface area contributed by atoms with Crippen LogP contribution in [0.3, 0.4) is 0 Å². The third kappa shape index (κ3) is 5.65. The van der Waals surface area contributed by atoms with Crippen molar-refractivity contribution in [3.8, 4) is 5.75 Å². The molecule has 3 amide bonds. The average molecular weight is 590 g/mol. The van der Waals surface area contributed by atoms with Gasteiger partial charge in [0.15, 0.2) is 0 Å². The Bertz CT molecular complexity index is 1730. The molecule has 1 aliphatic rings. The minimum absolute atomic E-state index is 0.00533. The minimum Gasteiger partial charge on any atom is -0.495 e. The summed E-state index contributed by atoms with van der Waals surface area (Å²) in [5.41, 5.74) is 1.35. The zero-order valence-corrected chi connectivity index (χ0v) is 23.3. The topological polar surface area (TPSA) is 122 Å². The number of amides is 3. The SMILES string of the molecule is COc1ccccc1NS(=O)(=O)c1ccc(Cl)c(NC(=O)[C@H](Cc2ccccc2)N2C(=O)c3ccccc3C2=O)c1. The van der Waals surface area contributed by atoms with Crippen LogP contribution in [0.1, 0.15) is 26.3 Å². The monoisotopic (exact) mass is 589 g/mol. The number of benzene rings is 4. The normalized spacial score (nSPS) is 13.5. The summed E-state index contributed by atoms with van der Waals surface area (Å²) < 4.78 is 34.1. The molecule has 1 aliphatic heterocycles. The zero-order valence-electron chi connectivity index (χ0n) is 21.7. The highest BCUT2D eigenvalue weighted by Crippen LogP contribution is 2.31. The van der Waals surface area contributed by atoms with Gasteiger partial charge < -0.3 is 10.1 Å². The first-order valence-electron chi connectivity index (χ1n) is 12.5. The molecule has 208 valence electrons. The van der Waals surface area contributed by atoms with Gasteiger partial charge >= 0.3 is 0 Å². The summed E-state index contributed by atoms with van der Waals surface area (Å²) in [6.45, 7) is 0. The molecule has 0 unspecified atom stereocenters. The Hall–Kier alpha value is -4.67. The quantitative estimate of drug-likeness (QED) is 0.265. The van der Waals surface area contributed by atoms with E-state index < -0.39 is 33.8 Å². The van der Waals surface area contributed by atoms with Crippen LogP contribution >= 0.6 is 11.6 Å². The molecule has 0 saturated carbocycles. The number of methoxy groups -OCH3 is 1. The first kappa shape index (κ1) is 27.9. The van der Waals surface area contributed by atoms with Crippen molar-refractivity contribution >= 4 is 50.7 Å². The van der Waals surface area contributed by atoms with Crippen LogP contribution in [0.2, 0.25) is 5.02 Å². The second-order valence-corrected chi connectivity index (χ2v) is 11.3. The fourth-order valence-corrected chi connectivity index (χ4v) is 5.81. The first-order chi connectivity index (χ1) is 19.7. The summed E-state index contributed by atoms with van der Waals surface area (Å²) in [7, 11) is -2.70. The predicted molar refractivity (Wildman–Crippen MR) is 155 cm³/mol. The number of anilines is 2. The van der Waals surface area contributed by atoms with Crippen LogP contribution in [0.15, 0.2) is 102 Å². The zero-order chi connectivity index (χ0) is 29.1. The standard InChI is InChI=1S/C30H24ClN3O6S/c1-40-27-14-8-7-13-24(27)33-41(38,39)20-15-16-23(31)25(18-20)32-28(35)26(17-19-9-3-2-4-10-19)34-29(36)21-11-5-6-12-22(21)30(34)37/h2-16,18,26,33H,17H2,1H3,(H,32,35)/t26-/m0/s1. The molecular formula is C30H24ClN3O6S. The highest BCUT2D eigenvalue weighted by Gasteiger charge is 2.42. The summed E-state index contributed by atoms with van der Waals surface area (Å²) in [6, 6.07) is 24.4. The molecule has 1 atom stereocenters. The van der Waals surface area contributed by atoms with E-state index in [4.69, 9.17) is 16.3 Å². The lowest BCUT2D eigenvalue weighted by Crippen LogP contribution is -2.48. The summed E-state index contributed by atoms with van der Waals surface area (Å²) in [5, 5.41) is 2.71. The largest absolute Gasteiger partial charge is 0.495 e. The lowest BCUT2D eigenvalue weighted by molar-refractivity contribution is -0.119. The Kier molecular flexibility index (Phi) is 7.78. The number of carbonyl (C=O) groups excluding carboxylic acids is 3. The van der Waals surface area contributed by atoms with E-state index in [0.717, 1.165) is 4.90 Å². The van der Waals surface area contributed by atoms with Gasteiger partial charge in [-0.3, -0.25) is 24.0 Å². The molecule has 5 rings (SSSR count). The fourth-order valence-electron chi connectivity index (χ4n) is 4.55. The molecule has 0 bridgehead atoms. The molecule has 1 heterocycles. The maximum atomic E-state index is 13.7. The highest BCUT2D eigenvalue weighted by molar-refractivity contribution is 7.92. The highest BCUT2D eigenvalue weighted by atomic mass is 35.5. The number of sulfonamides is 1. The number of para-hydroxylation sites is 2. The third-order valence-corrected chi connectivity index (χ3v) is 8.26. The Morgan fingerprint density at radius 2 is 1.46 bits per heavy atom. The number of fused-ring (bicyclic) bond motifs is 1. The maximum Gasteiger partial charge on any atom is 0.262 e. The van der Waals surface area contributed by atoms with E-state index in [9.17, 15) is 22.8 Å². The Balaban J connectivity index is 1.46. The number of carbonyl (C=O) groups is 3. The number of hydrogen-bond donors (Lipinski definition) is 2. The Morgan fingerprint density at radius 3 is 2.12 bits per heavy atom. The van der Waals surface area contributed by atoms with E-state index in [1.165, 1.54) is 37.4 Å². The fraction of sp³-hybridized carbons (Fsp3) is 0.100. The van der Waals surface area contributed by atoms with Gasteiger partial charge in [-0.25, -0.2) is 8.42 Å². The van der Waals surface area contributed by atoms with Gasteiger partial charge in [0.05, 0.1) is 39.5 Å². The van der Waals surface area contributed by atoms with Crippen LogP contribution in [0, 0.1) is 0 Å². The lowest BCUT2D eigenvalue weighted by Gasteiger charge is -2.26. The van der Waals surface area contributed by atoms with Gasteiger partial charge in [-0.05, 0) is 48.0 Å². The van der Waals surface area contributed by atoms with E-state index in [0.29, 0.717) is 11.3 Å². The molecule has 9 nitrogen and oxygen atoms in total. The van der Waals surface area contributed by atoms with Crippen molar-refractivity contribution in [2.24, 2.45) is 0 Å². The molecule has 4 aromatic carbocycles. The Morgan fingerprint density at radius 1 is 0.854 bits per heavy atom. The van der Waals surface area contributed by atoms with Crippen LogP contribution in [-0.4, -0.2) is 44.2 Å². The van der Waals surface area contributed by atoms with Gasteiger partial charge in [0, 0.05) is 6.42 Å². The molecule has 0 radical (unpaired) electrons. The molecular weight excluding hydrogens is 566 g/mol. The van der Waals surface area contributed by atoms with Crippen LogP contribution in [0.25, 0.3) is 0 Å². The van der Waals surface area contributed by atoms with Crippen LogP contribution in [0.5, 0.6) is 5.75 Å². The van der Waals surface area contributed by atoms with Crippen molar-refractivity contribution in [3.05, 3.63) is 119 Å². The van der Waals surface area contributed by atoms with E-state index >= 15 is 0 Å².